The van der Waals surface area contributed by atoms with Crippen LogP contribution >= 0.6 is 0 Å². The van der Waals surface area contributed by atoms with E-state index in [-0.39, 0.29) is 17.5 Å². The highest BCUT2D eigenvalue weighted by Gasteiger charge is 2.32. The summed E-state index contributed by atoms with van der Waals surface area (Å²) in [4.78, 5) is 0. The highest BCUT2D eigenvalue weighted by atomic mass is 19.4. The zero-order valence-corrected chi connectivity index (χ0v) is 17.5. The van der Waals surface area contributed by atoms with Gasteiger partial charge in [-0.25, -0.2) is 0 Å². The smallest absolute Gasteiger partial charge is 0.416 e. The fourth-order valence-corrected chi connectivity index (χ4v) is 4.15. The van der Waals surface area contributed by atoms with Crippen molar-refractivity contribution in [3.8, 4) is 45.1 Å². The van der Waals surface area contributed by atoms with Gasteiger partial charge in [0, 0.05) is 16.7 Å². The molecule has 0 amide bonds. The first-order valence-electron chi connectivity index (χ1n) is 10.7. The summed E-state index contributed by atoms with van der Waals surface area (Å²) in [7, 11) is 0. The number of halogens is 3. The van der Waals surface area contributed by atoms with Crippen LogP contribution in [0.1, 0.15) is 30.9 Å². The van der Waals surface area contributed by atoms with Crippen LogP contribution in [-0.4, -0.2) is 20.0 Å². The second-order valence-corrected chi connectivity index (χ2v) is 8.27. The van der Waals surface area contributed by atoms with Gasteiger partial charge in [-0.15, -0.1) is 0 Å². The van der Waals surface area contributed by atoms with Crippen LogP contribution < -0.4 is 0 Å². The number of benzene rings is 3. The second kappa shape index (κ2) is 7.99. The molecule has 3 aromatic carbocycles. The SMILES string of the molecule is Oc1ccc(-c2nn(C3CCC3)c(-c3ccc(O)cc3)c2-c2ccc(C(F)(F)F)cc2)cc1. The van der Waals surface area contributed by atoms with E-state index in [1.54, 1.807) is 48.5 Å². The van der Waals surface area contributed by atoms with Crippen molar-refractivity contribution in [3.05, 3.63) is 78.4 Å². The molecule has 33 heavy (non-hydrogen) atoms. The minimum atomic E-state index is -4.42. The summed E-state index contributed by atoms with van der Waals surface area (Å²) in [6.07, 6.45) is -1.40. The molecule has 1 heterocycles. The van der Waals surface area contributed by atoms with E-state index in [1.165, 1.54) is 12.1 Å². The van der Waals surface area contributed by atoms with Gasteiger partial charge in [0.15, 0.2) is 0 Å². The normalized spacial score (nSPS) is 14.3. The number of phenols is 2. The molecule has 4 nitrogen and oxygen atoms in total. The molecule has 0 saturated heterocycles. The number of hydrogen-bond donors (Lipinski definition) is 2. The van der Waals surface area contributed by atoms with Crippen molar-refractivity contribution < 1.29 is 23.4 Å². The van der Waals surface area contributed by atoms with Crippen LogP contribution in [0.15, 0.2) is 72.8 Å². The summed E-state index contributed by atoms with van der Waals surface area (Å²) in [6.45, 7) is 0. The maximum Gasteiger partial charge on any atom is 0.416 e. The van der Waals surface area contributed by atoms with Gasteiger partial charge in [-0.3, -0.25) is 4.68 Å². The molecule has 5 rings (SSSR count). The Hall–Kier alpha value is -3.74. The van der Waals surface area contributed by atoms with Gasteiger partial charge >= 0.3 is 6.18 Å². The summed E-state index contributed by atoms with van der Waals surface area (Å²) in [5.74, 6) is 0.246. The van der Waals surface area contributed by atoms with E-state index >= 15 is 0 Å². The maximum atomic E-state index is 13.2. The van der Waals surface area contributed by atoms with Crippen molar-refractivity contribution >= 4 is 0 Å². The Kier molecular flexibility index (Phi) is 5.12. The van der Waals surface area contributed by atoms with Crippen molar-refractivity contribution in [3.63, 3.8) is 0 Å². The van der Waals surface area contributed by atoms with Gasteiger partial charge in [0.2, 0.25) is 0 Å². The van der Waals surface area contributed by atoms with E-state index < -0.39 is 11.7 Å². The Labute approximate surface area is 188 Å². The van der Waals surface area contributed by atoms with Crippen LogP contribution in [-0.2, 0) is 6.18 Å². The van der Waals surface area contributed by atoms with E-state index in [0.29, 0.717) is 16.8 Å². The summed E-state index contributed by atoms with van der Waals surface area (Å²) in [5, 5.41) is 24.5. The van der Waals surface area contributed by atoms with Gasteiger partial charge in [0.05, 0.1) is 17.3 Å². The quantitative estimate of drug-likeness (QED) is 0.351. The minimum absolute atomic E-state index is 0.118. The Morgan fingerprint density at radius 1 is 0.727 bits per heavy atom. The summed E-state index contributed by atoms with van der Waals surface area (Å²) < 4.78 is 41.5. The average Bonchev–Trinajstić information content (AvgIpc) is 3.13. The molecule has 0 aliphatic heterocycles. The lowest BCUT2D eigenvalue weighted by atomic mass is 9.91. The largest absolute Gasteiger partial charge is 0.508 e. The number of hydrogen-bond acceptors (Lipinski definition) is 3. The van der Waals surface area contributed by atoms with Gasteiger partial charge in [-0.05, 0) is 85.5 Å². The first kappa shape index (κ1) is 21.1. The predicted molar refractivity (Wildman–Crippen MR) is 120 cm³/mol. The highest BCUT2D eigenvalue weighted by Crippen LogP contribution is 2.45. The van der Waals surface area contributed by atoms with E-state index in [4.69, 9.17) is 5.10 Å². The summed E-state index contributed by atoms with van der Waals surface area (Å²) >= 11 is 0. The lowest BCUT2D eigenvalue weighted by Gasteiger charge is -2.28. The molecule has 4 aromatic rings. The third kappa shape index (κ3) is 3.95. The molecule has 2 N–H and O–H groups in total. The third-order valence-electron chi connectivity index (χ3n) is 6.11. The Morgan fingerprint density at radius 3 is 1.73 bits per heavy atom. The predicted octanol–water partition coefficient (Wildman–Crippen LogP) is 7.04. The molecular weight excluding hydrogens is 429 g/mol. The second-order valence-electron chi connectivity index (χ2n) is 8.27. The molecule has 168 valence electrons. The molecule has 1 aliphatic rings. The Morgan fingerprint density at radius 2 is 1.24 bits per heavy atom. The molecule has 0 spiro atoms. The standard InChI is InChI=1S/C26H21F3N2O2/c27-26(28,29)19-10-4-16(5-11-19)23-24(17-6-12-21(32)13-7-17)30-31(20-2-1-3-20)25(23)18-8-14-22(33)15-9-18/h4-15,20,32-33H,1-3H2. The average molecular weight is 450 g/mol. The van der Waals surface area contributed by atoms with Crippen LogP contribution in [0.4, 0.5) is 13.2 Å². The minimum Gasteiger partial charge on any atom is -0.508 e. The number of phenolic OH excluding ortho intramolecular Hbond substituents is 2. The first-order chi connectivity index (χ1) is 15.8. The molecule has 0 atom stereocenters. The van der Waals surface area contributed by atoms with Crippen molar-refractivity contribution in [2.75, 3.05) is 0 Å². The molecule has 0 unspecified atom stereocenters. The van der Waals surface area contributed by atoms with E-state index in [0.717, 1.165) is 48.2 Å². The van der Waals surface area contributed by atoms with Crippen LogP contribution in [0, 0.1) is 0 Å². The third-order valence-corrected chi connectivity index (χ3v) is 6.11. The topological polar surface area (TPSA) is 58.3 Å². The fraction of sp³-hybridized carbons (Fsp3) is 0.192. The zero-order chi connectivity index (χ0) is 23.2. The zero-order valence-electron chi connectivity index (χ0n) is 17.5. The maximum absolute atomic E-state index is 13.2. The van der Waals surface area contributed by atoms with E-state index in [1.807, 2.05) is 4.68 Å². The number of nitrogens with zero attached hydrogens (tertiary/aromatic N) is 2. The van der Waals surface area contributed by atoms with E-state index in [2.05, 4.69) is 0 Å². The van der Waals surface area contributed by atoms with Gasteiger partial charge in [0.1, 0.15) is 17.2 Å². The molecule has 1 aliphatic carbocycles. The van der Waals surface area contributed by atoms with Crippen molar-refractivity contribution in [2.24, 2.45) is 0 Å². The first-order valence-corrected chi connectivity index (χ1v) is 10.7. The highest BCUT2D eigenvalue weighted by molar-refractivity contribution is 5.92. The van der Waals surface area contributed by atoms with Crippen LogP contribution in [0.5, 0.6) is 11.5 Å². The van der Waals surface area contributed by atoms with Crippen molar-refractivity contribution in [1.82, 2.24) is 9.78 Å². The van der Waals surface area contributed by atoms with Crippen LogP contribution in [0.2, 0.25) is 0 Å². The number of aromatic hydroxyl groups is 2. The van der Waals surface area contributed by atoms with Gasteiger partial charge in [-0.2, -0.15) is 18.3 Å². The lowest BCUT2D eigenvalue weighted by Crippen LogP contribution is -2.19. The molecule has 1 aromatic heterocycles. The molecule has 0 bridgehead atoms. The molecular formula is C26H21F3N2O2. The van der Waals surface area contributed by atoms with Gasteiger partial charge in [0.25, 0.3) is 0 Å². The molecule has 0 radical (unpaired) electrons. The van der Waals surface area contributed by atoms with Crippen LogP contribution in [0.25, 0.3) is 33.6 Å². The number of aromatic nitrogens is 2. The Bertz CT molecular complexity index is 1270. The van der Waals surface area contributed by atoms with E-state index in [9.17, 15) is 23.4 Å². The van der Waals surface area contributed by atoms with Crippen molar-refractivity contribution in [2.45, 2.75) is 31.5 Å². The van der Waals surface area contributed by atoms with Crippen LogP contribution in [0.3, 0.4) is 0 Å². The summed E-state index contributed by atoms with van der Waals surface area (Å²) in [5.41, 5.74) is 3.60. The van der Waals surface area contributed by atoms with Gasteiger partial charge in [-0.1, -0.05) is 12.1 Å². The lowest BCUT2D eigenvalue weighted by molar-refractivity contribution is -0.137. The Balaban J connectivity index is 1.77. The number of rotatable bonds is 4. The fourth-order valence-electron chi connectivity index (χ4n) is 4.15. The monoisotopic (exact) mass is 450 g/mol. The molecule has 7 heteroatoms. The molecule has 1 saturated carbocycles. The number of alkyl halides is 3. The van der Waals surface area contributed by atoms with Crippen molar-refractivity contribution in [1.29, 1.82) is 0 Å². The van der Waals surface area contributed by atoms with Gasteiger partial charge < -0.3 is 10.2 Å². The summed E-state index contributed by atoms with van der Waals surface area (Å²) in [6, 6.07) is 18.7. The molecule has 1 fully saturated rings.